The van der Waals surface area contributed by atoms with Crippen molar-refractivity contribution in [2.24, 2.45) is 0 Å². The van der Waals surface area contributed by atoms with Crippen LogP contribution >= 0.6 is 23.1 Å². The molecule has 0 saturated heterocycles. The molecule has 8 heteroatoms. The van der Waals surface area contributed by atoms with Crippen LogP contribution in [0, 0.1) is 12.1 Å². The average Bonchev–Trinajstić information content (AvgIpc) is 2.69. The molecule has 0 fully saturated rings. The smallest absolute Gasteiger partial charge is 0.301 e. The van der Waals surface area contributed by atoms with Crippen molar-refractivity contribution in [3.8, 4) is 0 Å². The first-order valence-corrected chi connectivity index (χ1v) is 7.32. The van der Waals surface area contributed by atoms with Gasteiger partial charge in [-0.3, -0.25) is 0 Å². The summed E-state index contributed by atoms with van der Waals surface area (Å²) in [6, 6.07) is 0. The molecule has 3 nitrogen and oxygen atoms in total. The Hall–Kier alpha value is -1.02. The molecule has 0 amide bonds. The number of thioether (sulfide) groups is 1. The SMILES string of the molecule is CC/[N+]([O-])=C/c1sc(SCCC(F)=C(F)F)nc1C. The van der Waals surface area contributed by atoms with Crippen LogP contribution in [0.2, 0.25) is 0 Å². The summed E-state index contributed by atoms with van der Waals surface area (Å²) in [6.45, 7) is 3.83. The van der Waals surface area contributed by atoms with Gasteiger partial charge in [0.2, 0.25) is 0 Å². The molecule has 0 unspecified atom stereocenters. The van der Waals surface area contributed by atoms with Gasteiger partial charge in [0.15, 0.2) is 22.9 Å². The molecule has 0 aliphatic rings. The molecule has 1 aromatic heterocycles. The largest absolute Gasteiger partial charge is 0.624 e. The third kappa shape index (κ3) is 5.23. The maximum Gasteiger partial charge on any atom is 0.301 e. The maximum atomic E-state index is 12.6. The van der Waals surface area contributed by atoms with E-state index in [1.807, 2.05) is 0 Å². The number of hydrogen-bond acceptors (Lipinski definition) is 4. The minimum atomic E-state index is -2.27. The van der Waals surface area contributed by atoms with Crippen molar-refractivity contribution in [2.45, 2.75) is 24.6 Å². The van der Waals surface area contributed by atoms with Gasteiger partial charge in [-0.15, -0.1) is 11.3 Å². The predicted octanol–water partition coefficient (Wildman–Crippen LogP) is 3.96. The van der Waals surface area contributed by atoms with Gasteiger partial charge in [-0.1, -0.05) is 11.8 Å². The molecule has 0 aliphatic carbocycles. The minimum Gasteiger partial charge on any atom is -0.624 e. The van der Waals surface area contributed by atoms with Gasteiger partial charge in [-0.25, -0.2) is 14.1 Å². The van der Waals surface area contributed by atoms with Crippen molar-refractivity contribution >= 4 is 29.3 Å². The molecular weight excluding hydrogens is 297 g/mol. The van der Waals surface area contributed by atoms with E-state index in [4.69, 9.17) is 0 Å². The maximum absolute atomic E-state index is 12.6. The predicted molar refractivity (Wildman–Crippen MR) is 71.9 cm³/mol. The summed E-state index contributed by atoms with van der Waals surface area (Å²) in [5, 5.41) is 11.2. The lowest BCUT2D eigenvalue weighted by Crippen LogP contribution is -2.03. The lowest BCUT2D eigenvalue weighted by atomic mass is 10.4. The van der Waals surface area contributed by atoms with E-state index in [0.717, 1.165) is 9.62 Å². The molecule has 1 aromatic rings. The number of allylic oxidation sites excluding steroid dienone is 1. The van der Waals surface area contributed by atoms with Crippen LogP contribution in [0.3, 0.4) is 0 Å². The number of aromatic nitrogens is 1. The van der Waals surface area contributed by atoms with E-state index in [2.05, 4.69) is 4.98 Å². The lowest BCUT2D eigenvalue weighted by Gasteiger charge is -1.97. The standard InChI is InChI=1S/C11H13F3N2OS2/c1-3-16(17)6-9-7(2)15-11(19-9)18-5-4-8(12)10(13)14/h6H,3-5H2,1-2H3/b16-6-. The Morgan fingerprint density at radius 2 is 2.16 bits per heavy atom. The highest BCUT2D eigenvalue weighted by Gasteiger charge is 2.10. The summed E-state index contributed by atoms with van der Waals surface area (Å²) in [4.78, 5) is 4.93. The number of aryl methyl sites for hydroxylation is 1. The molecule has 106 valence electrons. The van der Waals surface area contributed by atoms with Crippen LogP contribution in [-0.4, -0.2) is 28.2 Å². The summed E-state index contributed by atoms with van der Waals surface area (Å²) >= 11 is 2.49. The number of rotatable bonds is 6. The number of nitrogens with zero attached hydrogens (tertiary/aromatic N) is 2. The van der Waals surface area contributed by atoms with Crippen LogP contribution < -0.4 is 0 Å². The summed E-state index contributed by atoms with van der Waals surface area (Å²) in [5.41, 5.74) is 0.703. The first-order chi connectivity index (χ1) is 8.93. The first-order valence-electron chi connectivity index (χ1n) is 5.52. The highest BCUT2D eigenvalue weighted by atomic mass is 32.2. The van der Waals surface area contributed by atoms with E-state index in [1.54, 1.807) is 13.8 Å². The van der Waals surface area contributed by atoms with E-state index < -0.39 is 11.9 Å². The Morgan fingerprint density at radius 1 is 1.47 bits per heavy atom. The second-order valence-electron chi connectivity index (χ2n) is 3.56. The van der Waals surface area contributed by atoms with Crippen LogP contribution in [0.15, 0.2) is 16.2 Å². The second kappa shape index (κ2) is 7.54. The first kappa shape index (κ1) is 16.0. The van der Waals surface area contributed by atoms with Gasteiger partial charge < -0.3 is 5.21 Å². The van der Waals surface area contributed by atoms with Gasteiger partial charge in [-0.2, -0.15) is 8.78 Å². The summed E-state index contributed by atoms with van der Waals surface area (Å²) in [6.07, 6.45) is -1.15. The van der Waals surface area contributed by atoms with Crippen molar-refractivity contribution in [3.63, 3.8) is 0 Å². The van der Waals surface area contributed by atoms with Gasteiger partial charge in [-0.05, 0) is 13.8 Å². The van der Waals surface area contributed by atoms with Gasteiger partial charge in [0.25, 0.3) is 0 Å². The van der Waals surface area contributed by atoms with Gasteiger partial charge in [0.1, 0.15) is 4.88 Å². The fraction of sp³-hybridized carbons (Fsp3) is 0.455. The Bertz CT molecular complexity index is 496. The highest BCUT2D eigenvalue weighted by molar-refractivity contribution is 8.01. The second-order valence-corrected chi connectivity index (χ2v) is 5.93. The van der Waals surface area contributed by atoms with Crippen LogP contribution in [0.1, 0.15) is 23.9 Å². The van der Waals surface area contributed by atoms with Crippen molar-refractivity contribution in [1.82, 2.24) is 4.98 Å². The zero-order chi connectivity index (χ0) is 14.4. The van der Waals surface area contributed by atoms with Crippen molar-refractivity contribution in [3.05, 3.63) is 27.7 Å². The molecule has 0 radical (unpaired) electrons. The summed E-state index contributed by atoms with van der Waals surface area (Å²) in [5.74, 6) is -1.20. The molecular formula is C11H13F3N2OS2. The zero-order valence-corrected chi connectivity index (χ0v) is 12.1. The number of hydroxylamine groups is 1. The fourth-order valence-corrected chi connectivity index (χ4v) is 3.26. The molecule has 0 bridgehead atoms. The fourth-order valence-electron chi connectivity index (χ4n) is 1.11. The van der Waals surface area contributed by atoms with Crippen molar-refractivity contribution in [1.29, 1.82) is 0 Å². The Balaban J connectivity index is 2.62. The zero-order valence-electron chi connectivity index (χ0n) is 10.5. The molecule has 0 aliphatic heterocycles. The topological polar surface area (TPSA) is 39.0 Å². The summed E-state index contributed by atoms with van der Waals surface area (Å²) < 4.78 is 37.7. The highest BCUT2D eigenvalue weighted by Crippen LogP contribution is 2.28. The lowest BCUT2D eigenvalue weighted by molar-refractivity contribution is -0.447. The molecule has 0 aromatic carbocycles. The van der Waals surface area contributed by atoms with E-state index in [-0.39, 0.29) is 12.2 Å². The third-order valence-electron chi connectivity index (χ3n) is 2.14. The third-order valence-corrected chi connectivity index (χ3v) is 4.37. The average molecular weight is 310 g/mol. The molecule has 0 saturated carbocycles. The number of hydrogen-bond donors (Lipinski definition) is 0. The van der Waals surface area contributed by atoms with Crippen LogP contribution in [0.25, 0.3) is 0 Å². The Labute approximate surface area is 117 Å². The van der Waals surface area contributed by atoms with E-state index in [9.17, 15) is 18.4 Å². The molecule has 19 heavy (non-hydrogen) atoms. The minimum absolute atomic E-state index is 0.185. The van der Waals surface area contributed by atoms with E-state index in [1.165, 1.54) is 29.3 Å². The molecule has 1 heterocycles. The Morgan fingerprint density at radius 3 is 2.74 bits per heavy atom. The van der Waals surface area contributed by atoms with Gasteiger partial charge in [0, 0.05) is 12.2 Å². The summed E-state index contributed by atoms with van der Waals surface area (Å²) in [7, 11) is 0. The van der Waals surface area contributed by atoms with E-state index in [0.29, 0.717) is 16.6 Å². The van der Waals surface area contributed by atoms with Crippen LogP contribution in [-0.2, 0) is 0 Å². The number of halogens is 3. The molecule has 0 atom stereocenters. The van der Waals surface area contributed by atoms with Gasteiger partial charge >= 0.3 is 6.08 Å². The monoisotopic (exact) mass is 310 g/mol. The quantitative estimate of drug-likeness (QED) is 0.262. The van der Waals surface area contributed by atoms with E-state index >= 15 is 0 Å². The normalized spacial score (nSPS) is 11.7. The molecule has 0 N–H and O–H groups in total. The van der Waals surface area contributed by atoms with Crippen LogP contribution in [0.5, 0.6) is 0 Å². The van der Waals surface area contributed by atoms with Crippen LogP contribution in [0.4, 0.5) is 13.2 Å². The molecule has 0 spiro atoms. The molecule has 1 rings (SSSR count). The Kier molecular flexibility index (Phi) is 6.36. The number of thiazole rings is 1. The van der Waals surface area contributed by atoms with Crippen molar-refractivity contribution in [2.75, 3.05) is 12.3 Å². The van der Waals surface area contributed by atoms with Crippen molar-refractivity contribution < 1.29 is 17.9 Å². The van der Waals surface area contributed by atoms with Gasteiger partial charge in [0.05, 0.1) is 5.69 Å².